The number of fused-ring (bicyclic) bond motifs is 1. The molecule has 1 heterocycles. The van der Waals surface area contributed by atoms with E-state index in [4.69, 9.17) is 0 Å². The van der Waals surface area contributed by atoms with Crippen LogP contribution in [0.4, 0.5) is 4.39 Å². The predicted octanol–water partition coefficient (Wildman–Crippen LogP) is 4.47. The maximum atomic E-state index is 12.8. The number of ketones is 1. The van der Waals surface area contributed by atoms with E-state index in [9.17, 15) is 9.18 Å². The van der Waals surface area contributed by atoms with Gasteiger partial charge in [-0.3, -0.25) is 4.79 Å². The number of rotatable bonds is 3. The van der Waals surface area contributed by atoms with E-state index < -0.39 is 0 Å². The summed E-state index contributed by atoms with van der Waals surface area (Å²) in [5, 5.41) is 2.90. The Balaban J connectivity index is 1.90. The van der Waals surface area contributed by atoms with Gasteiger partial charge in [0.05, 0.1) is 0 Å². The third-order valence-electron chi connectivity index (χ3n) is 3.06. The maximum Gasteiger partial charge on any atom is 0.168 e. The molecule has 2 aromatic carbocycles. The van der Waals surface area contributed by atoms with Crippen molar-refractivity contribution in [2.75, 3.05) is 0 Å². The number of hydrogen-bond acceptors (Lipinski definition) is 2. The Morgan fingerprint density at radius 2 is 1.79 bits per heavy atom. The smallest absolute Gasteiger partial charge is 0.168 e. The highest BCUT2D eigenvalue weighted by Gasteiger charge is 2.12. The summed E-state index contributed by atoms with van der Waals surface area (Å²) in [7, 11) is 0. The molecule has 94 valence electrons. The highest BCUT2D eigenvalue weighted by atomic mass is 32.1. The molecule has 1 aromatic heterocycles. The fourth-order valence-corrected chi connectivity index (χ4v) is 3.04. The van der Waals surface area contributed by atoms with Crippen LogP contribution >= 0.6 is 11.3 Å². The van der Waals surface area contributed by atoms with Gasteiger partial charge >= 0.3 is 0 Å². The van der Waals surface area contributed by atoms with E-state index in [1.165, 1.54) is 12.1 Å². The summed E-state index contributed by atoms with van der Waals surface area (Å²) in [6.07, 6.45) is 0.307. The second-order valence-corrected chi connectivity index (χ2v) is 5.28. The average molecular weight is 270 g/mol. The van der Waals surface area contributed by atoms with Crippen LogP contribution in [0.3, 0.4) is 0 Å². The average Bonchev–Trinajstić information content (AvgIpc) is 2.85. The Morgan fingerprint density at radius 1 is 1.05 bits per heavy atom. The summed E-state index contributed by atoms with van der Waals surface area (Å²) in [5.74, 6) is -0.207. The van der Waals surface area contributed by atoms with Crippen LogP contribution in [-0.2, 0) is 6.42 Å². The van der Waals surface area contributed by atoms with Gasteiger partial charge in [0.25, 0.3) is 0 Å². The summed E-state index contributed by atoms with van der Waals surface area (Å²) in [6.45, 7) is 0. The van der Waals surface area contributed by atoms with Crippen molar-refractivity contribution >= 4 is 27.2 Å². The van der Waals surface area contributed by atoms with Crippen LogP contribution in [-0.4, -0.2) is 5.78 Å². The molecule has 0 atom stereocenters. The first kappa shape index (κ1) is 12.1. The van der Waals surface area contributed by atoms with Crippen LogP contribution in [0.2, 0.25) is 0 Å². The molecule has 0 saturated carbocycles. The van der Waals surface area contributed by atoms with E-state index in [0.717, 1.165) is 21.2 Å². The van der Waals surface area contributed by atoms with Crippen molar-refractivity contribution < 1.29 is 9.18 Å². The zero-order valence-corrected chi connectivity index (χ0v) is 10.9. The van der Waals surface area contributed by atoms with Crippen molar-refractivity contribution in [2.24, 2.45) is 0 Å². The molecule has 0 fully saturated rings. The Kier molecular flexibility index (Phi) is 3.13. The van der Waals surface area contributed by atoms with Crippen molar-refractivity contribution in [3.63, 3.8) is 0 Å². The fourth-order valence-electron chi connectivity index (χ4n) is 2.08. The van der Waals surface area contributed by atoms with E-state index in [1.807, 2.05) is 29.6 Å². The number of hydrogen-bond donors (Lipinski definition) is 0. The van der Waals surface area contributed by atoms with Gasteiger partial charge < -0.3 is 0 Å². The summed E-state index contributed by atoms with van der Waals surface area (Å²) < 4.78 is 13.9. The monoisotopic (exact) mass is 270 g/mol. The lowest BCUT2D eigenvalue weighted by Crippen LogP contribution is -2.02. The molecule has 0 amide bonds. The van der Waals surface area contributed by atoms with E-state index in [-0.39, 0.29) is 11.6 Å². The van der Waals surface area contributed by atoms with Crippen LogP contribution in [0.1, 0.15) is 15.9 Å². The second kappa shape index (κ2) is 4.94. The van der Waals surface area contributed by atoms with Gasteiger partial charge in [-0.2, -0.15) is 0 Å². The maximum absolute atomic E-state index is 12.8. The van der Waals surface area contributed by atoms with Gasteiger partial charge in [-0.25, -0.2) is 4.39 Å². The molecule has 1 nitrogen and oxygen atoms in total. The van der Waals surface area contributed by atoms with E-state index in [1.54, 1.807) is 23.5 Å². The van der Waals surface area contributed by atoms with Crippen LogP contribution in [0.25, 0.3) is 10.1 Å². The first-order chi connectivity index (χ1) is 9.24. The van der Waals surface area contributed by atoms with Gasteiger partial charge in [-0.1, -0.05) is 30.3 Å². The lowest BCUT2D eigenvalue weighted by atomic mass is 10.0. The Morgan fingerprint density at radius 3 is 2.58 bits per heavy atom. The van der Waals surface area contributed by atoms with Gasteiger partial charge in [-0.15, -0.1) is 11.3 Å². The highest BCUT2D eigenvalue weighted by molar-refractivity contribution is 7.17. The topological polar surface area (TPSA) is 17.1 Å². The molecule has 0 aliphatic rings. The molecule has 0 radical (unpaired) electrons. The third kappa shape index (κ3) is 2.42. The number of carbonyl (C=O) groups is 1. The van der Waals surface area contributed by atoms with Crippen LogP contribution < -0.4 is 0 Å². The Bertz CT molecular complexity index is 728. The SMILES string of the molecule is O=C(Cc1ccc(F)cc1)c1csc2ccccc12. The molecule has 3 aromatic rings. The number of benzene rings is 2. The zero-order valence-electron chi connectivity index (χ0n) is 10.1. The van der Waals surface area contributed by atoms with E-state index in [2.05, 4.69) is 0 Å². The normalized spacial score (nSPS) is 10.8. The number of carbonyl (C=O) groups excluding carboxylic acids is 1. The Labute approximate surface area is 114 Å². The summed E-state index contributed by atoms with van der Waals surface area (Å²) in [6, 6.07) is 13.9. The van der Waals surface area contributed by atoms with Crippen LogP contribution in [0, 0.1) is 5.82 Å². The van der Waals surface area contributed by atoms with Crippen LogP contribution in [0.15, 0.2) is 53.9 Å². The van der Waals surface area contributed by atoms with Crippen molar-refractivity contribution in [3.05, 3.63) is 70.9 Å². The van der Waals surface area contributed by atoms with Crippen molar-refractivity contribution in [1.82, 2.24) is 0 Å². The van der Waals surface area contributed by atoms with Crippen molar-refractivity contribution in [3.8, 4) is 0 Å². The van der Waals surface area contributed by atoms with Gasteiger partial charge in [0, 0.05) is 27.5 Å². The summed E-state index contributed by atoms with van der Waals surface area (Å²) in [5.41, 5.74) is 1.59. The van der Waals surface area contributed by atoms with E-state index in [0.29, 0.717) is 6.42 Å². The molecule has 0 N–H and O–H groups in total. The van der Waals surface area contributed by atoms with E-state index >= 15 is 0 Å². The molecule has 3 heteroatoms. The first-order valence-corrected chi connectivity index (χ1v) is 6.86. The van der Waals surface area contributed by atoms with Gasteiger partial charge in [-0.05, 0) is 23.8 Å². The number of thiophene rings is 1. The molecule has 3 rings (SSSR count). The summed E-state index contributed by atoms with van der Waals surface area (Å²) in [4.78, 5) is 12.3. The minimum absolute atomic E-state index is 0.0732. The molecule has 0 bridgehead atoms. The number of Topliss-reactive ketones (excluding diaryl/α,β-unsaturated/α-hetero) is 1. The molecule has 19 heavy (non-hydrogen) atoms. The standard InChI is InChI=1S/C16H11FOS/c17-12-7-5-11(6-8-12)9-15(18)14-10-19-16-4-2-1-3-13(14)16/h1-8,10H,9H2. The van der Waals surface area contributed by atoms with Crippen molar-refractivity contribution in [1.29, 1.82) is 0 Å². The second-order valence-electron chi connectivity index (χ2n) is 4.37. The minimum Gasteiger partial charge on any atom is -0.294 e. The molecule has 0 aliphatic heterocycles. The summed E-state index contributed by atoms with van der Waals surface area (Å²) >= 11 is 1.57. The molecule has 0 aliphatic carbocycles. The lowest BCUT2D eigenvalue weighted by molar-refractivity contribution is 0.0995. The van der Waals surface area contributed by atoms with Crippen molar-refractivity contribution in [2.45, 2.75) is 6.42 Å². The Hall–Kier alpha value is -2.00. The molecular formula is C16H11FOS. The van der Waals surface area contributed by atoms with Gasteiger partial charge in [0.1, 0.15) is 5.82 Å². The largest absolute Gasteiger partial charge is 0.294 e. The predicted molar refractivity (Wildman–Crippen MR) is 76.3 cm³/mol. The van der Waals surface area contributed by atoms with Crippen LogP contribution in [0.5, 0.6) is 0 Å². The number of halogens is 1. The van der Waals surface area contributed by atoms with Gasteiger partial charge in [0.15, 0.2) is 5.78 Å². The lowest BCUT2D eigenvalue weighted by Gasteiger charge is -2.00. The quantitative estimate of drug-likeness (QED) is 0.642. The fraction of sp³-hybridized carbons (Fsp3) is 0.0625. The highest BCUT2D eigenvalue weighted by Crippen LogP contribution is 2.26. The first-order valence-electron chi connectivity index (χ1n) is 5.98. The molecule has 0 unspecified atom stereocenters. The zero-order chi connectivity index (χ0) is 13.2. The molecule has 0 saturated heterocycles. The minimum atomic E-state index is -0.280. The van der Waals surface area contributed by atoms with Gasteiger partial charge in [0.2, 0.25) is 0 Å². The molecule has 0 spiro atoms. The molecular weight excluding hydrogens is 259 g/mol. The third-order valence-corrected chi connectivity index (χ3v) is 4.02.